The number of benzene rings is 1. The maximum Gasteiger partial charge on any atom is 0.251 e. The number of hydrogen-bond acceptors (Lipinski definition) is 1. The van der Waals surface area contributed by atoms with Crippen LogP contribution in [-0.2, 0) is 6.42 Å². The second-order valence-corrected chi connectivity index (χ2v) is 3.02. The van der Waals surface area contributed by atoms with Crippen LogP contribution in [0.1, 0.15) is 22.3 Å². The van der Waals surface area contributed by atoms with Gasteiger partial charge in [-0.3, -0.25) is 4.79 Å². The van der Waals surface area contributed by atoms with E-state index in [1.54, 1.807) is 0 Å². The van der Waals surface area contributed by atoms with Crippen LogP contribution in [0.25, 0.3) is 0 Å². The Labute approximate surface area is 71.6 Å². The lowest BCUT2D eigenvalue weighted by Crippen LogP contribution is -2.22. The standard InChI is InChI=1S/C10H11NO/c12-10-9-6-2-1-4-8(9)5-3-7-11-10/h1-2,4,6H,3,5,7H2,(H,11,12). The summed E-state index contributed by atoms with van der Waals surface area (Å²) in [6.45, 7) is 0.799. The van der Waals surface area contributed by atoms with E-state index in [0.717, 1.165) is 24.9 Å². The zero-order valence-electron chi connectivity index (χ0n) is 6.84. The van der Waals surface area contributed by atoms with Gasteiger partial charge >= 0.3 is 0 Å². The molecule has 1 aromatic carbocycles. The number of aryl methyl sites for hydroxylation is 1. The molecule has 2 heteroatoms. The lowest BCUT2D eigenvalue weighted by Gasteiger charge is -2.01. The molecular formula is C10H11NO. The highest BCUT2D eigenvalue weighted by Gasteiger charge is 2.12. The summed E-state index contributed by atoms with van der Waals surface area (Å²) in [5.41, 5.74) is 2.02. The molecule has 1 aliphatic heterocycles. The summed E-state index contributed by atoms with van der Waals surface area (Å²) in [4.78, 5) is 11.4. The van der Waals surface area contributed by atoms with Crippen LogP contribution in [0, 0.1) is 0 Å². The molecule has 1 amide bonds. The van der Waals surface area contributed by atoms with Crippen molar-refractivity contribution >= 4 is 5.91 Å². The molecular weight excluding hydrogens is 150 g/mol. The van der Waals surface area contributed by atoms with Gasteiger partial charge in [-0.15, -0.1) is 0 Å². The number of carbonyl (C=O) groups excluding carboxylic acids is 1. The molecule has 1 N–H and O–H groups in total. The van der Waals surface area contributed by atoms with E-state index in [0.29, 0.717) is 0 Å². The Hall–Kier alpha value is -1.31. The second-order valence-electron chi connectivity index (χ2n) is 3.02. The molecule has 0 radical (unpaired) electrons. The van der Waals surface area contributed by atoms with Gasteiger partial charge in [0.2, 0.25) is 0 Å². The van der Waals surface area contributed by atoms with Crippen molar-refractivity contribution in [3.63, 3.8) is 0 Å². The third-order valence-corrected chi connectivity index (χ3v) is 2.17. The minimum atomic E-state index is 0.0723. The second kappa shape index (κ2) is 2.97. The average molecular weight is 161 g/mol. The highest BCUT2D eigenvalue weighted by Crippen LogP contribution is 2.13. The van der Waals surface area contributed by atoms with E-state index in [9.17, 15) is 4.79 Å². The summed E-state index contributed by atoms with van der Waals surface area (Å²) >= 11 is 0. The number of hydrogen-bond donors (Lipinski definition) is 1. The predicted octanol–water partition coefficient (Wildman–Crippen LogP) is 1.36. The fourth-order valence-electron chi connectivity index (χ4n) is 1.54. The molecule has 0 unspecified atom stereocenters. The predicted molar refractivity (Wildman–Crippen MR) is 47.1 cm³/mol. The van der Waals surface area contributed by atoms with Gasteiger partial charge in [-0.05, 0) is 24.5 Å². The zero-order chi connectivity index (χ0) is 8.39. The van der Waals surface area contributed by atoms with E-state index in [2.05, 4.69) is 5.32 Å². The van der Waals surface area contributed by atoms with Crippen molar-refractivity contribution in [2.75, 3.05) is 6.54 Å². The first kappa shape index (κ1) is 7.35. The molecule has 1 aliphatic rings. The van der Waals surface area contributed by atoms with Crippen LogP contribution < -0.4 is 5.32 Å². The molecule has 2 nitrogen and oxygen atoms in total. The van der Waals surface area contributed by atoms with Gasteiger partial charge in [-0.2, -0.15) is 0 Å². The van der Waals surface area contributed by atoms with Crippen LogP contribution in [-0.4, -0.2) is 12.5 Å². The highest BCUT2D eigenvalue weighted by molar-refractivity contribution is 5.95. The fourth-order valence-corrected chi connectivity index (χ4v) is 1.54. The Morgan fingerprint density at radius 3 is 3.00 bits per heavy atom. The average Bonchev–Trinajstić information content (AvgIpc) is 2.29. The number of carbonyl (C=O) groups is 1. The smallest absolute Gasteiger partial charge is 0.251 e. The van der Waals surface area contributed by atoms with Crippen molar-refractivity contribution in [2.24, 2.45) is 0 Å². The maximum atomic E-state index is 11.4. The summed E-state index contributed by atoms with van der Waals surface area (Å²) in [6, 6.07) is 7.80. The van der Waals surface area contributed by atoms with Crippen LogP contribution in [0.4, 0.5) is 0 Å². The van der Waals surface area contributed by atoms with Gasteiger partial charge in [0.15, 0.2) is 0 Å². The van der Waals surface area contributed by atoms with Crippen molar-refractivity contribution in [1.82, 2.24) is 5.32 Å². The Morgan fingerprint density at radius 1 is 1.25 bits per heavy atom. The van der Waals surface area contributed by atoms with Crippen molar-refractivity contribution in [1.29, 1.82) is 0 Å². The van der Waals surface area contributed by atoms with Gasteiger partial charge in [0.05, 0.1) is 0 Å². The lowest BCUT2D eigenvalue weighted by atomic mass is 10.0. The number of nitrogens with one attached hydrogen (secondary N) is 1. The van der Waals surface area contributed by atoms with E-state index in [-0.39, 0.29) is 5.91 Å². The first-order valence-electron chi connectivity index (χ1n) is 4.24. The van der Waals surface area contributed by atoms with Gasteiger partial charge in [0.1, 0.15) is 0 Å². The van der Waals surface area contributed by atoms with E-state index in [1.165, 1.54) is 5.56 Å². The topological polar surface area (TPSA) is 29.1 Å². The molecule has 1 aromatic rings. The quantitative estimate of drug-likeness (QED) is 0.611. The molecule has 0 bridgehead atoms. The summed E-state index contributed by atoms with van der Waals surface area (Å²) in [5, 5.41) is 2.86. The lowest BCUT2D eigenvalue weighted by molar-refractivity contribution is 0.0956. The first-order valence-corrected chi connectivity index (χ1v) is 4.24. The third-order valence-electron chi connectivity index (χ3n) is 2.17. The first-order chi connectivity index (χ1) is 5.88. The zero-order valence-corrected chi connectivity index (χ0v) is 6.84. The Balaban J connectivity index is 2.46. The van der Waals surface area contributed by atoms with Gasteiger partial charge < -0.3 is 5.32 Å². The van der Waals surface area contributed by atoms with E-state index < -0.39 is 0 Å². The van der Waals surface area contributed by atoms with Crippen LogP contribution in [0.2, 0.25) is 0 Å². The third kappa shape index (κ3) is 1.20. The molecule has 1 heterocycles. The van der Waals surface area contributed by atoms with Crippen LogP contribution >= 0.6 is 0 Å². The SMILES string of the molecule is O=C1NCCCc2ccccc21. The minimum Gasteiger partial charge on any atom is -0.352 e. The van der Waals surface area contributed by atoms with Crippen LogP contribution in [0.5, 0.6) is 0 Å². The molecule has 0 saturated carbocycles. The number of rotatable bonds is 0. The molecule has 12 heavy (non-hydrogen) atoms. The van der Waals surface area contributed by atoms with Crippen molar-refractivity contribution in [3.8, 4) is 0 Å². The molecule has 2 rings (SSSR count). The molecule has 0 saturated heterocycles. The normalized spacial score (nSPS) is 16.2. The summed E-state index contributed by atoms with van der Waals surface area (Å²) in [7, 11) is 0. The van der Waals surface area contributed by atoms with Crippen LogP contribution in [0.3, 0.4) is 0 Å². The van der Waals surface area contributed by atoms with Crippen molar-refractivity contribution in [2.45, 2.75) is 12.8 Å². The summed E-state index contributed by atoms with van der Waals surface area (Å²) < 4.78 is 0. The summed E-state index contributed by atoms with van der Waals surface area (Å²) in [6.07, 6.45) is 2.05. The van der Waals surface area contributed by atoms with Gasteiger partial charge in [-0.25, -0.2) is 0 Å². The van der Waals surface area contributed by atoms with E-state index >= 15 is 0 Å². The Kier molecular flexibility index (Phi) is 1.82. The number of amides is 1. The van der Waals surface area contributed by atoms with Crippen molar-refractivity contribution < 1.29 is 4.79 Å². The summed E-state index contributed by atoms with van der Waals surface area (Å²) in [5.74, 6) is 0.0723. The molecule has 0 aromatic heterocycles. The molecule has 0 aliphatic carbocycles. The Bertz CT molecular complexity index is 306. The molecule has 62 valence electrons. The largest absolute Gasteiger partial charge is 0.352 e. The van der Waals surface area contributed by atoms with Gasteiger partial charge in [0.25, 0.3) is 5.91 Å². The van der Waals surface area contributed by atoms with Gasteiger partial charge in [-0.1, -0.05) is 18.2 Å². The van der Waals surface area contributed by atoms with Gasteiger partial charge in [0, 0.05) is 12.1 Å². The van der Waals surface area contributed by atoms with Crippen LogP contribution in [0.15, 0.2) is 24.3 Å². The Morgan fingerprint density at radius 2 is 2.08 bits per heavy atom. The van der Waals surface area contributed by atoms with E-state index in [1.807, 2.05) is 24.3 Å². The minimum absolute atomic E-state index is 0.0723. The highest BCUT2D eigenvalue weighted by atomic mass is 16.1. The monoisotopic (exact) mass is 161 g/mol. The maximum absolute atomic E-state index is 11.4. The molecule has 0 atom stereocenters. The number of fused-ring (bicyclic) bond motifs is 1. The molecule has 0 fully saturated rings. The molecule has 0 spiro atoms. The van der Waals surface area contributed by atoms with Crippen molar-refractivity contribution in [3.05, 3.63) is 35.4 Å². The van der Waals surface area contributed by atoms with E-state index in [4.69, 9.17) is 0 Å². The fraction of sp³-hybridized carbons (Fsp3) is 0.300.